The van der Waals surface area contributed by atoms with E-state index in [2.05, 4.69) is 4.98 Å². The van der Waals surface area contributed by atoms with Gasteiger partial charge in [-0.15, -0.1) is 0 Å². The van der Waals surface area contributed by atoms with Crippen LogP contribution < -0.4 is 4.74 Å². The molecule has 0 aliphatic carbocycles. The molecule has 2 N–H and O–H groups in total. The van der Waals surface area contributed by atoms with Crippen LogP contribution in [0.3, 0.4) is 0 Å². The predicted molar refractivity (Wildman–Crippen MR) is 104 cm³/mol. The standard InChI is InChI=1S/C21H22N2O5/c24-19(25)9-5-2-6-12-28-16-10-11-17-18(13-16)23(14-20(26)27)21(22-17)15-7-3-1-4-8-15/h1,3-4,7-8,10-11,13H,2,5-6,9,12,14H2,(H,24,25)(H,26,27). The van der Waals surface area contributed by atoms with E-state index < -0.39 is 11.9 Å². The Hall–Kier alpha value is -3.35. The van der Waals surface area contributed by atoms with Crippen LogP contribution in [0.4, 0.5) is 0 Å². The molecule has 7 nitrogen and oxygen atoms in total. The van der Waals surface area contributed by atoms with Crippen LogP contribution in [-0.2, 0) is 16.1 Å². The molecule has 0 amide bonds. The highest BCUT2D eigenvalue weighted by Crippen LogP contribution is 2.27. The SMILES string of the molecule is O=C(O)CCCCCOc1ccc2nc(-c3ccccc3)n(CC(=O)O)c2c1. The largest absolute Gasteiger partial charge is 0.494 e. The maximum absolute atomic E-state index is 11.4. The second-order valence-electron chi connectivity index (χ2n) is 6.48. The van der Waals surface area contributed by atoms with Crippen molar-refractivity contribution in [3.63, 3.8) is 0 Å². The third kappa shape index (κ3) is 4.88. The number of aliphatic carboxylic acids is 2. The minimum absolute atomic E-state index is 0.169. The molecule has 0 aliphatic rings. The van der Waals surface area contributed by atoms with Gasteiger partial charge in [-0.1, -0.05) is 30.3 Å². The average Bonchev–Trinajstić information content (AvgIpc) is 3.02. The Morgan fingerprint density at radius 1 is 0.964 bits per heavy atom. The summed E-state index contributed by atoms with van der Waals surface area (Å²) in [5, 5.41) is 18.0. The van der Waals surface area contributed by atoms with E-state index in [9.17, 15) is 14.7 Å². The molecule has 28 heavy (non-hydrogen) atoms. The molecular weight excluding hydrogens is 360 g/mol. The zero-order valence-corrected chi connectivity index (χ0v) is 15.4. The third-order valence-corrected chi connectivity index (χ3v) is 4.35. The summed E-state index contributed by atoms with van der Waals surface area (Å²) in [6.07, 6.45) is 2.34. The van der Waals surface area contributed by atoms with E-state index in [0.29, 0.717) is 35.6 Å². The zero-order chi connectivity index (χ0) is 19.9. The van der Waals surface area contributed by atoms with Gasteiger partial charge in [0.05, 0.1) is 17.6 Å². The molecule has 1 aromatic heterocycles. The number of carboxylic acid groups (broad SMARTS) is 2. The molecule has 1 heterocycles. The van der Waals surface area contributed by atoms with Crippen molar-refractivity contribution >= 4 is 23.0 Å². The number of ether oxygens (including phenoxy) is 1. The van der Waals surface area contributed by atoms with Gasteiger partial charge in [-0.25, -0.2) is 4.98 Å². The van der Waals surface area contributed by atoms with Gasteiger partial charge in [-0.05, 0) is 31.4 Å². The normalized spacial score (nSPS) is 10.9. The Bertz CT molecular complexity index is 966. The second kappa shape index (κ2) is 9.03. The minimum atomic E-state index is -0.943. The number of carboxylic acids is 2. The first kappa shape index (κ1) is 19.4. The van der Waals surface area contributed by atoms with Crippen molar-refractivity contribution in [1.29, 1.82) is 0 Å². The highest BCUT2D eigenvalue weighted by molar-refractivity contribution is 5.84. The number of aromatic nitrogens is 2. The molecule has 0 atom stereocenters. The van der Waals surface area contributed by atoms with Gasteiger partial charge < -0.3 is 19.5 Å². The topological polar surface area (TPSA) is 102 Å². The molecule has 146 valence electrons. The highest BCUT2D eigenvalue weighted by atomic mass is 16.5. The summed E-state index contributed by atoms with van der Waals surface area (Å²) in [6, 6.07) is 14.9. The molecule has 0 spiro atoms. The van der Waals surface area contributed by atoms with Crippen molar-refractivity contribution < 1.29 is 24.5 Å². The molecular formula is C21H22N2O5. The maximum Gasteiger partial charge on any atom is 0.323 e. The molecule has 0 unspecified atom stereocenters. The predicted octanol–water partition coefficient (Wildman–Crippen LogP) is 3.81. The van der Waals surface area contributed by atoms with Gasteiger partial charge >= 0.3 is 11.9 Å². The number of fused-ring (bicyclic) bond motifs is 1. The van der Waals surface area contributed by atoms with Gasteiger partial charge in [0, 0.05) is 18.1 Å². The quantitative estimate of drug-likeness (QED) is 0.517. The minimum Gasteiger partial charge on any atom is -0.494 e. The van der Waals surface area contributed by atoms with E-state index in [1.54, 1.807) is 10.6 Å². The Labute approximate surface area is 162 Å². The van der Waals surface area contributed by atoms with Gasteiger partial charge in [0.25, 0.3) is 0 Å². The number of nitrogens with zero attached hydrogens (tertiary/aromatic N) is 2. The molecule has 0 saturated carbocycles. The number of unbranched alkanes of at least 4 members (excludes halogenated alkanes) is 2. The van der Waals surface area contributed by atoms with Crippen LogP contribution in [0.25, 0.3) is 22.4 Å². The van der Waals surface area contributed by atoms with Crippen molar-refractivity contribution in [3.8, 4) is 17.1 Å². The van der Waals surface area contributed by atoms with Crippen LogP contribution in [0, 0.1) is 0 Å². The molecule has 0 fully saturated rings. The maximum atomic E-state index is 11.4. The van der Waals surface area contributed by atoms with Crippen molar-refractivity contribution in [2.24, 2.45) is 0 Å². The van der Waals surface area contributed by atoms with Crippen LogP contribution in [0.1, 0.15) is 25.7 Å². The van der Waals surface area contributed by atoms with Crippen LogP contribution in [0.15, 0.2) is 48.5 Å². The van der Waals surface area contributed by atoms with E-state index in [-0.39, 0.29) is 13.0 Å². The first-order chi connectivity index (χ1) is 13.5. The van der Waals surface area contributed by atoms with Crippen LogP contribution in [0.5, 0.6) is 5.75 Å². The number of imidazole rings is 1. The van der Waals surface area contributed by atoms with Crippen LogP contribution >= 0.6 is 0 Å². The molecule has 0 saturated heterocycles. The summed E-state index contributed by atoms with van der Waals surface area (Å²) < 4.78 is 7.43. The van der Waals surface area contributed by atoms with E-state index in [1.807, 2.05) is 42.5 Å². The Balaban J connectivity index is 1.78. The number of hydrogen-bond acceptors (Lipinski definition) is 4. The molecule has 3 aromatic rings. The van der Waals surface area contributed by atoms with E-state index in [4.69, 9.17) is 9.84 Å². The van der Waals surface area contributed by atoms with Gasteiger partial charge in [0.2, 0.25) is 0 Å². The van der Waals surface area contributed by atoms with Crippen LogP contribution in [0.2, 0.25) is 0 Å². The second-order valence-corrected chi connectivity index (χ2v) is 6.48. The summed E-state index contributed by atoms with van der Waals surface area (Å²) in [4.78, 5) is 26.5. The Morgan fingerprint density at radius 2 is 1.75 bits per heavy atom. The van der Waals surface area contributed by atoms with Crippen molar-refractivity contribution in [2.45, 2.75) is 32.2 Å². The zero-order valence-electron chi connectivity index (χ0n) is 15.4. The summed E-state index contributed by atoms with van der Waals surface area (Å²) in [5.74, 6) is -0.491. The van der Waals surface area contributed by atoms with Crippen molar-refractivity contribution in [1.82, 2.24) is 9.55 Å². The highest BCUT2D eigenvalue weighted by Gasteiger charge is 2.15. The molecule has 7 heteroatoms. The molecule has 2 aromatic carbocycles. The average molecular weight is 382 g/mol. The van der Waals surface area contributed by atoms with E-state index in [0.717, 1.165) is 18.4 Å². The number of carbonyl (C=O) groups is 2. The number of rotatable bonds is 10. The summed E-state index contributed by atoms with van der Waals surface area (Å²) in [6.45, 7) is 0.281. The lowest BCUT2D eigenvalue weighted by Gasteiger charge is -2.08. The van der Waals surface area contributed by atoms with E-state index >= 15 is 0 Å². The first-order valence-corrected chi connectivity index (χ1v) is 9.16. The monoisotopic (exact) mass is 382 g/mol. The smallest absolute Gasteiger partial charge is 0.323 e. The lowest BCUT2D eigenvalue weighted by molar-refractivity contribution is -0.138. The fourth-order valence-electron chi connectivity index (χ4n) is 3.04. The molecule has 3 rings (SSSR count). The summed E-state index contributed by atoms with van der Waals surface area (Å²) in [5.41, 5.74) is 2.25. The molecule has 0 aliphatic heterocycles. The van der Waals surface area contributed by atoms with E-state index in [1.165, 1.54) is 0 Å². The fourth-order valence-corrected chi connectivity index (χ4v) is 3.04. The van der Waals surface area contributed by atoms with Gasteiger partial charge in [0.15, 0.2) is 0 Å². The van der Waals surface area contributed by atoms with Crippen molar-refractivity contribution in [3.05, 3.63) is 48.5 Å². The third-order valence-electron chi connectivity index (χ3n) is 4.35. The lowest BCUT2D eigenvalue weighted by atomic mass is 10.2. The summed E-state index contributed by atoms with van der Waals surface area (Å²) in [7, 11) is 0. The Morgan fingerprint density at radius 3 is 2.46 bits per heavy atom. The van der Waals surface area contributed by atoms with Crippen LogP contribution in [-0.4, -0.2) is 38.3 Å². The van der Waals surface area contributed by atoms with Gasteiger partial charge in [0.1, 0.15) is 18.1 Å². The first-order valence-electron chi connectivity index (χ1n) is 9.16. The van der Waals surface area contributed by atoms with Gasteiger partial charge in [-0.3, -0.25) is 9.59 Å². The number of benzene rings is 2. The lowest BCUT2D eigenvalue weighted by Crippen LogP contribution is -2.10. The van der Waals surface area contributed by atoms with Crippen molar-refractivity contribution in [2.75, 3.05) is 6.61 Å². The molecule has 0 radical (unpaired) electrons. The van der Waals surface area contributed by atoms with Gasteiger partial charge in [-0.2, -0.15) is 0 Å². The number of hydrogen-bond donors (Lipinski definition) is 2. The molecule has 0 bridgehead atoms. The Kier molecular flexibility index (Phi) is 6.26. The fraction of sp³-hybridized carbons (Fsp3) is 0.286. The summed E-state index contributed by atoms with van der Waals surface area (Å²) >= 11 is 0.